The molecule has 2 heterocycles. The molecule has 0 amide bonds. The van der Waals surface area contributed by atoms with Crippen molar-refractivity contribution in [1.29, 1.82) is 0 Å². The molecule has 0 aliphatic rings. The highest BCUT2D eigenvalue weighted by Gasteiger charge is 2.10. The van der Waals surface area contributed by atoms with E-state index in [0.29, 0.717) is 6.04 Å². The van der Waals surface area contributed by atoms with Gasteiger partial charge >= 0.3 is 0 Å². The minimum absolute atomic E-state index is 0.365. The molecule has 2 aromatic heterocycles. The molecule has 5 nitrogen and oxygen atoms in total. The molecule has 21 heavy (non-hydrogen) atoms. The van der Waals surface area contributed by atoms with Crippen molar-refractivity contribution < 1.29 is 0 Å². The van der Waals surface area contributed by atoms with Crippen LogP contribution in [0.3, 0.4) is 0 Å². The van der Waals surface area contributed by atoms with Crippen LogP contribution >= 0.6 is 0 Å². The van der Waals surface area contributed by atoms with Crippen LogP contribution in [0.5, 0.6) is 0 Å². The van der Waals surface area contributed by atoms with Crippen molar-refractivity contribution in [3.05, 3.63) is 48.8 Å². The minimum atomic E-state index is 0.365. The Morgan fingerprint density at radius 2 is 2.14 bits per heavy atom. The van der Waals surface area contributed by atoms with Crippen LogP contribution in [0.25, 0.3) is 11.0 Å². The summed E-state index contributed by atoms with van der Waals surface area (Å²) < 4.78 is 4.35. The number of para-hydroxylation sites is 2. The normalized spacial score (nSPS) is 12.9. The summed E-state index contributed by atoms with van der Waals surface area (Å²) in [6.07, 6.45) is 5.64. The lowest BCUT2D eigenvalue weighted by Gasteiger charge is -2.14. The Labute approximate surface area is 124 Å². The highest BCUT2D eigenvalue weighted by Crippen LogP contribution is 2.15. The van der Waals surface area contributed by atoms with Gasteiger partial charge < -0.3 is 14.5 Å². The number of hydrogen-bond donors (Lipinski definition) is 1. The summed E-state index contributed by atoms with van der Waals surface area (Å²) in [6, 6.07) is 8.66. The molecule has 3 aromatic rings. The van der Waals surface area contributed by atoms with E-state index in [-0.39, 0.29) is 0 Å². The first-order valence-corrected chi connectivity index (χ1v) is 7.41. The van der Waals surface area contributed by atoms with Gasteiger partial charge in [0.2, 0.25) is 0 Å². The van der Waals surface area contributed by atoms with E-state index in [1.165, 1.54) is 5.52 Å². The summed E-state index contributed by atoms with van der Waals surface area (Å²) >= 11 is 0. The smallest absolute Gasteiger partial charge is 0.123 e. The highest BCUT2D eigenvalue weighted by molar-refractivity contribution is 5.75. The Morgan fingerprint density at radius 1 is 1.29 bits per heavy atom. The molecular formula is C16H21N5. The summed E-state index contributed by atoms with van der Waals surface area (Å²) in [6.45, 7) is 6.96. The first-order valence-electron chi connectivity index (χ1n) is 7.41. The zero-order chi connectivity index (χ0) is 14.7. The maximum absolute atomic E-state index is 4.73. The molecule has 0 fully saturated rings. The fourth-order valence-corrected chi connectivity index (χ4v) is 2.65. The van der Waals surface area contributed by atoms with Gasteiger partial charge in [-0.1, -0.05) is 12.1 Å². The fourth-order valence-electron chi connectivity index (χ4n) is 2.65. The van der Waals surface area contributed by atoms with Crippen molar-refractivity contribution in [3.8, 4) is 0 Å². The lowest BCUT2D eigenvalue weighted by atomic mass is 10.3. The topological polar surface area (TPSA) is 47.7 Å². The van der Waals surface area contributed by atoms with Crippen molar-refractivity contribution in [2.24, 2.45) is 0 Å². The van der Waals surface area contributed by atoms with Gasteiger partial charge in [0, 0.05) is 31.5 Å². The van der Waals surface area contributed by atoms with Crippen LogP contribution in [0.15, 0.2) is 43.0 Å². The van der Waals surface area contributed by atoms with E-state index in [1.807, 2.05) is 24.8 Å². The van der Waals surface area contributed by atoms with E-state index in [9.17, 15) is 0 Å². The summed E-state index contributed by atoms with van der Waals surface area (Å²) in [5.74, 6) is 1.09. The van der Waals surface area contributed by atoms with Gasteiger partial charge in [0.25, 0.3) is 0 Å². The van der Waals surface area contributed by atoms with E-state index >= 15 is 0 Å². The van der Waals surface area contributed by atoms with E-state index in [4.69, 9.17) is 4.98 Å². The average molecular weight is 283 g/mol. The van der Waals surface area contributed by atoms with Crippen LogP contribution in [-0.2, 0) is 19.6 Å². The fraction of sp³-hybridized carbons (Fsp3) is 0.375. The van der Waals surface area contributed by atoms with Gasteiger partial charge in [-0.25, -0.2) is 9.97 Å². The van der Waals surface area contributed by atoms with Crippen molar-refractivity contribution in [3.63, 3.8) is 0 Å². The molecule has 5 heteroatoms. The quantitative estimate of drug-likeness (QED) is 0.756. The van der Waals surface area contributed by atoms with Gasteiger partial charge in [-0.05, 0) is 26.0 Å². The molecule has 0 saturated carbocycles. The first-order chi connectivity index (χ1) is 10.3. The number of aromatic nitrogens is 4. The van der Waals surface area contributed by atoms with Gasteiger partial charge in [0.1, 0.15) is 5.82 Å². The second-order valence-corrected chi connectivity index (χ2v) is 5.30. The molecule has 0 aliphatic heterocycles. The lowest BCUT2D eigenvalue weighted by molar-refractivity contribution is 0.464. The molecule has 3 rings (SSSR count). The largest absolute Gasteiger partial charge is 0.336 e. The number of imidazole rings is 2. The number of fused-ring (bicyclic) bond motifs is 1. The molecular weight excluding hydrogens is 262 g/mol. The number of hydrogen-bond acceptors (Lipinski definition) is 3. The van der Waals surface area contributed by atoms with Crippen LogP contribution in [0.4, 0.5) is 0 Å². The van der Waals surface area contributed by atoms with Gasteiger partial charge in [-0.3, -0.25) is 0 Å². The van der Waals surface area contributed by atoms with Gasteiger partial charge in [0.05, 0.1) is 23.9 Å². The average Bonchev–Trinajstić information content (AvgIpc) is 3.11. The molecule has 0 spiro atoms. The van der Waals surface area contributed by atoms with Crippen LogP contribution < -0.4 is 5.32 Å². The Hall–Kier alpha value is -2.14. The summed E-state index contributed by atoms with van der Waals surface area (Å²) in [5, 5.41) is 3.54. The predicted molar refractivity (Wildman–Crippen MR) is 83.9 cm³/mol. The Bertz CT molecular complexity index is 699. The summed E-state index contributed by atoms with van der Waals surface area (Å²) in [7, 11) is 0. The molecule has 0 bridgehead atoms. The number of nitrogens with one attached hydrogen (secondary N) is 1. The number of rotatable bonds is 6. The van der Waals surface area contributed by atoms with Gasteiger partial charge in [-0.15, -0.1) is 0 Å². The maximum atomic E-state index is 4.73. The van der Waals surface area contributed by atoms with Crippen LogP contribution in [0.1, 0.15) is 19.7 Å². The zero-order valence-electron chi connectivity index (χ0n) is 12.5. The Morgan fingerprint density at radius 3 is 2.90 bits per heavy atom. The third kappa shape index (κ3) is 2.97. The maximum Gasteiger partial charge on any atom is 0.123 e. The molecule has 0 aliphatic carbocycles. The monoisotopic (exact) mass is 283 g/mol. The van der Waals surface area contributed by atoms with E-state index in [0.717, 1.165) is 31.0 Å². The van der Waals surface area contributed by atoms with Crippen LogP contribution in [0.2, 0.25) is 0 Å². The van der Waals surface area contributed by atoms with E-state index in [1.54, 1.807) is 0 Å². The van der Waals surface area contributed by atoms with Gasteiger partial charge in [0.15, 0.2) is 0 Å². The van der Waals surface area contributed by atoms with Crippen molar-refractivity contribution in [2.45, 2.75) is 39.5 Å². The molecule has 1 aromatic carbocycles. The predicted octanol–water partition coefficient (Wildman–Crippen LogP) is 2.43. The first kappa shape index (κ1) is 13.8. The molecule has 110 valence electrons. The second kappa shape index (κ2) is 6.10. The molecule has 0 radical (unpaired) electrons. The minimum Gasteiger partial charge on any atom is -0.336 e. The molecule has 1 atom stereocenters. The Kier molecular flexibility index (Phi) is 4.01. The zero-order valence-corrected chi connectivity index (χ0v) is 12.5. The SMILES string of the molecule is CCn1c(CNC(C)Cn2ccnc2)nc2ccccc21. The van der Waals surface area contributed by atoms with Crippen molar-refractivity contribution >= 4 is 11.0 Å². The third-order valence-electron chi connectivity index (χ3n) is 3.70. The van der Waals surface area contributed by atoms with Crippen LogP contribution in [0, 0.1) is 0 Å². The standard InChI is InChI=1S/C16H21N5/c1-3-21-15-7-5-4-6-14(15)19-16(21)10-18-13(2)11-20-9-8-17-12-20/h4-9,12-13,18H,3,10-11H2,1-2H3. The van der Waals surface area contributed by atoms with E-state index in [2.05, 4.69) is 51.5 Å². The van der Waals surface area contributed by atoms with Crippen molar-refractivity contribution in [1.82, 2.24) is 24.4 Å². The Balaban J connectivity index is 1.70. The number of nitrogens with zero attached hydrogens (tertiary/aromatic N) is 4. The summed E-state index contributed by atoms with van der Waals surface area (Å²) in [5.41, 5.74) is 2.28. The highest BCUT2D eigenvalue weighted by atomic mass is 15.1. The van der Waals surface area contributed by atoms with Crippen LogP contribution in [-0.4, -0.2) is 25.1 Å². The van der Waals surface area contributed by atoms with Crippen molar-refractivity contribution in [2.75, 3.05) is 0 Å². The molecule has 0 saturated heterocycles. The third-order valence-corrected chi connectivity index (χ3v) is 3.70. The summed E-state index contributed by atoms with van der Waals surface area (Å²) in [4.78, 5) is 8.80. The second-order valence-electron chi connectivity index (χ2n) is 5.30. The molecule has 1 N–H and O–H groups in total. The number of aryl methyl sites for hydroxylation is 1. The lowest BCUT2D eigenvalue weighted by Crippen LogP contribution is -2.30. The number of benzene rings is 1. The van der Waals surface area contributed by atoms with Gasteiger partial charge in [-0.2, -0.15) is 0 Å². The molecule has 1 unspecified atom stereocenters. The van der Waals surface area contributed by atoms with E-state index < -0.39 is 0 Å².